The number of carbonyl (C=O) groups is 2. The van der Waals surface area contributed by atoms with E-state index in [1.165, 1.54) is 12.5 Å². The average Bonchev–Trinajstić information content (AvgIpc) is 2.87. The van der Waals surface area contributed by atoms with Crippen LogP contribution in [0.25, 0.3) is 0 Å². The molecule has 0 aliphatic carbocycles. The Morgan fingerprint density at radius 2 is 1.80 bits per heavy atom. The zero-order valence-corrected chi connectivity index (χ0v) is 17.0. The van der Waals surface area contributed by atoms with Crippen LogP contribution in [0.1, 0.15) is 70.9 Å². The summed E-state index contributed by atoms with van der Waals surface area (Å²) < 4.78 is 1.05. The molecule has 2 rings (SSSR count). The fourth-order valence-electron chi connectivity index (χ4n) is 3.38. The van der Waals surface area contributed by atoms with E-state index in [9.17, 15) is 9.59 Å². The van der Waals surface area contributed by atoms with Crippen LogP contribution in [0, 0.1) is 13.8 Å². The number of quaternary nitrogens is 1. The number of carbonyl (C=O) groups excluding carboxylic acids is 2. The number of nitrogens with two attached hydrogens (primary N) is 1. The topological polar surface area (TPSA) is 66.5 Å². The molecule has 0 saturated heterocycles. The van der Waals surface area contributed by atoms with E-state index >= 15 is 0 Å². The molecule has 2 aromatic rings. The van der Waals surface area contributed by atoms with Crippen LogP contribution >= 0.6 is 15.9 Å². The van der Waals surface area contributed by atoms with E-state index in [2.05, 4.69) is 45.3 Å². The SMILES string of the molecule is CC[C@H]([NH2+][C@H](C)C(=O)c1[nH]c(C)c(C(C)=O)c1C)c1ccc(Br)cc1. The van der Waals surface area contributed by atoms with Gasteiger partial charge in [0.25, 0.3) is 0 Å². The third kappa shape index (κ3) is 4.28. The Hall–Kier alpha value is -1.72. The molecule has 5 heteroatoms. The number of H-pyrrole nitrogens is 1. The monoisotopic (exact) mass is 405 g/mol. The molecular formula is C20H26BrN2O2+. The van der Waals surface area contributed by atoms with Gasteiger partial charge >= 0.3 is 0 Å². The summed E-state index contributed by atoms with van der Waals surface area (Å²) in [5.41, 5.74) is 3.91. The highest BCUT2D eigenvalue weighted by atomic mass is 79.9. The molecule has 25 heavy (non-hydrogen) atoms. The van der Waals surface area contributed by atoms with Gasteiger partial charge in [0.15, 0.2) is 5.78 Å². The van der Waals surface area contributed by atoms with Gasteiger partial charge in [0.1, 0.15) is 12.1 Å². The molecule has 1 aromatic heterocycles. The van der Waals surface area contributed by atoms with Gasteiger partial charge in [0.05, 0.1) is 5.69 Å². The predicted molar refractivity (Wildman–Crippen MR) is 103 cm³/mol. The van der Waals surface area contributed by atoms with Crippen LogP contribution in [0.4, 0.5) is 0 Å². The molecule has 0 bridgehead atoms. The summed E-state index contributed by atoms with van der Waals surface area (Å²) in [6.45, 7) is 9.26. The molecule has 2 atom stereocenters. The van der Waals surface area contributed by atoms with Crippen molar-refractivity contribution in [1.29, 1.82) is 0 Å². The fraction of sp³-hybridized carbons (Fsp3) is 0.400. The second-order valence-corrected chi connectivity index (χ2v) is 7.51. The number of aryl methyl sites for hydroxylation is 1. The lowest BCUT2D eigenvalue weighted by Gasteiger charge is -2.18. The van der Waals surface area contributed by atoms with Crippen LogP contribution < -0.4 is 5.32 Å². The smallest absolute Gasteiger partial charge is 0.235 e. The zero-order chi connectivity index (χ0) is 18.7. The third-order valence-corrected chi connectivity index (χ3v) is 5.24. The Kier molecular flexibility index (Phi) is 6.36. The molecule has 0 fully saturated rings. The maximum Gasteiger partial charge on any atom is 0.235 e. The normalized spacial score (nSPS) is 13.5. The molecule has 4 nitrogen and oxygen atoms in total. The summed E-state index contributed by atoms with van der Waals surface area (Å²) in [4.78, 5) is 27.8. The fourth-order valence-corrected chi connectivity index (χ4v) is 3.65. The summed E-state index contributed by atoms with van der Waals surface area (Å²) in [7, 11) is 0. The molecule has 3 N–H and O–H groups in total. The first-order valence-electron chi connectivity index (χ1n) is 8.61. The first-order chi connectivity index (χ1) is 11.8. The lowest BCUT2D eigenvalue weighted by molar-refractivity contribution is -0.712. The second-order valence-electron chi connectivity index (χ2n) is 6.59. The van der Waals surface area contributed by atoms with Crippen molar-refractivity contribution in [2.75, 3.05) is 0 Å². The number of halogens is 1. The first kappa shape index (κ1) is 19.6. The van der Waals surface area contributed by atoms with Crippen molar-refractivity contribution >= 4 is 27.5 Å². The number of aromatic amines is 1. The maximum atomic E-state index is 12.9. The molecule has 0 unspecified atom stereocenters. The first-order valence-corrected chi connectivity index (χ1v) is 9.40. The van der Waals surface area contributed by atoms with Crippen molar-refractivity contribution in [2.24, 2.45) is 0 Å². The van der Waals surface area contributed by atoms with E-state index in [-0.39, 0.29) is 23.7 Å². The minimum Gasteiger partial charge on any atom is -0.355 e. The molecule has 0 saturated carbocycles. The zero-order valence-electron chi connectivity index (χ0n) is 15.4. The number of hydrogen-bond donors (Lipinski definition) is 2. The molecule has 1 heterocycles. The van der Waals surface area contributed by atoms with E-state index in [1.54, 1.807) is 0 Å². The van der Waals surface area contributed by atoms with E-state index in [1.807, 2.05) is 32.9 Å². The summed E-state index contributed by atoms with van der Waals surface area (Å²) in [5.74, 6) is 0.0203. The van der Waals surface area contributed by atoms with Crippen molar-refractivity contribution in [1.82, 2.24) is 4.98 Å². The number of hydrogen-bond acceptors (Lipinski definition) is 2. The predicted octanol–water partition coefficient (Wildman–Crippen LogP) is 3.88. The summed E-state index contributed by atoms with van der Waals surface area (Å²) in [6.07, 6.45) is 0.931. The lowest BCUT2D eigenvalue weighted by atomic mass is 10.00. The van der Waals surface area contributed by atoms with Gasteiger partial charge in [-0.25, -0.2) is 0 Å². The molecule has 0 spiro atoms. The van der Waals surface area contributed by atoms with Crippen LogP contribution in [0.5, 0.6) is 0 Å². The van der Waals surface area contributed by atoms with Gasteiger partial charge in [-0.05, 0) is 45.4 Å². The van der Waals surface area contributed by atoms with Crippen molar-refractivity contribution in [2.45, 2.75) is 53.1 Å². The minimum absolute atomic E-state index is 0.0109. The molecule has 0 aliphatic rings. The van der Waals surface area contributed by atoms with Crippen LogP contribution in [0.15, 0.2) is 28.7 Å². The van der Waals surface area contributed by atoms with Gasteiger partial charge in [0.2, 0.25) is 5.78 Å². The van der Waals surface area contributed by atoms with Crippen LogP contribution in [0.2, 0.25) is 0 Å². The number of rotatable bonds is 7. The Bertz CT molecular complexity index is 778. The number of benzene rings is 1. The van der Waals surface area contributed by atoms with Gasteiger partial charge in [-0.2, -0.15) is 0 Å². The van der Waals surface area contributed by atoms with E-state index in [4.69, 9.17) is 0 Å². The highest BCUT2D eigenvalue weighted by Crippen LogP contribution is 2.20. The maximum absolute atomic E-state index is 12.9. The Labute approximate surface area is 157 Å². The molecule has 134 valence electrons. The third-order valence-electron chi connectivity index (χ3n) is 4.71. The number of aromatic nitrogens is 1. The largest absolute Gasteiger partial charge is 0.355 e. The molecule has 0 radical (unpaired) electrons. The molecule has 0 amide bonds. The van der Waals surface area contributed by atoms with Crippen molar-refractivity contribution < 1.29 is 14.9 Å². The Balaban J connectivity index is 2.21. The second kappa shape index (κ2) is 8.11. The van der Waals surface area contributed by atoms with Crippen LogP contribution in [-0.4, -0.2) is 22.6 Å². The van der Waals surface area contributed by atoms with Crippen molar-refractivity contribution in [3.8, 4) is 0 Å². The lowest BCUT2D eigenvalue weighted by Crippen LogP contribution is -2.91. The van der Waals surface area contributed by atoms with E-state index in [0.717, 1.165) is 22.2 Å². The van der Waals surface area contributed by atoms with Crippen LogP contribution in [-0.2, 0) is 0 Å². The number of nitrogens with one attached hydrogen (secondary N) is 1. The average molecular weight is 406 g/mol. The van der Waals surface area contributed by atoms with E-state index < -0.39 is 0 Å². The van der Waals surface area contributed by atoms with E-state index in [0.29, 0.717) is 11.3 Å². The highest BCUT2D eigenvalue weighted by Gasteiger charge is 2.27. The van der Waals surface area contributed by atoms with Gasteiger partial charge in [-0.1, -0.05) is 35.0 Å². The standard InChI is InChI=1S/C20H25BrN2O2/c1-6-17(15-7-9-16(21)10-8-15)22-13(4)20(25)19-11(2)18(14(5)24)12(3)23-19/h7-10,13,17,22-23H,6H2,1-5H3/p+1/t13-,17+/m1/s1. The van der Waals surface area contributed by atoms with Gasteiger partial charge in [0, 0.05) is 27.7 Å². The van der Waals surface area contributed by atoms with Crippen LogP contribution in [0.3, 0.4) is 0 Å². The van der Waals surface area contributed by atoms with Gasteiger partial charge in [-0.3, -0.25) is 9.59 Å². The Morgan fingerprint density at radius 1 is 1.20 bits per heavy atom. The number of ketones is 2. The summed E-state index contributed by atoms with van der Waals surface area (Å²) in [6, 6.07) is 8.21. The number of Topliss-reactive ketones (excluding diaryl/α,β-unsaturated/α-hetero) is 2. The van der Waals surface area contributed by atoms with Crippen molar-refractivity contribution in [3.63, 3.8) is 0 Å². The summed E-state index contributed by atoms with van der Waals surface area (Å²) in [5, 5.41) is 2.11. The quantitative estimate of drug-likeness (QED) is 0.686. The molecule has 1 aromatic carbocycles. The molecular weight excluding hydrogens is 380 g/mol. The van der Waals surface area contributed by atoms with Gasteiger partial charge < -0.3 is 10.3 Å². The summed E-state index contributed by atoms with van der Waals surface area (Å²) >= 11 is 3.45. The minimum atomic E-state index is -0.231. The van der Waals surface area contributed by atoms with Crippen molar-refractivity contribution in [3.05, 3.63) is 56.8 Å². The Morgan fingerprint density at radius 3 is 2.28 bits per heavy atom. The van der Waals surface area contributed by atoms with Gasteiger partial charge in [-0.15, -0.1) is 0 Å². The highest BCUT2D eigenvalue weighted by molar-refractivity contribution is 9.10. The molecule has 0 aliphatic heterocycles.